The van der Waals surface area contributed by atoms with Crippen molar-refractivity contribution in [2.75, 3.05) is 25.6 Å². The van der Waals surface area contributed by atoms with Crippen molar-refractivity contribution in [1.29, 1.82) is 0 Å². The number of ether oxygens (including phenoxy) is 1. The molecule has 1 aromatic heterocycles. The topological polar surface area (TPSA) is 104 Å². The largest absolute Gasteiger partial charge is 0.383 e. The third kappa shape index (κ3) is 2.76. The van der Waals surface area contributed by atoms with E-state index in [0.717, 1.165) is 16.5 Å². The average molecular weight is 479 g/mol. The smallest absolute Gasteiger partial charge is 0.250 e. The molecule has 4 heterocycles. The van der Waals surface area contributed by atoms with Gasteiger partial charge in [-0.2, -0.15) is 0 Å². The average Bonchev–Trinajstić information content (AvgIpc) is 3.54. The van der Waals surface area contributed by atoms with Gasteiger partial charge in [0.25, 0.3) is 0 Å². The molecule has 9 heteroatoms. The van der Waals surface area contributed by atoms with Crippen LogP contribution in [0.15, 0.2) is 48.7 Å². The number of carbonyl (C=O) groups is 3. The van der Waals surface area contributed by atoms with Crippen molar-refractivity contribution in [1.82, 2.24) is 15.2 Å². The summed E-state index contributed by atoms with van der Waals surface area (Å²) in [6, 6.07) is 12.8. The van der Waals surface area contributed by atoms with E-state index in [1.54, 1.807) is 18.2 Å². The van der Waals surface area contributed by atoms with Crippen molar-refractivity contribution in [2.45, 2.75) is 18.0 Å². The van der Waals surface area contributed by atoms with Crippen LogP contribution in [0, 0.1) is 11.8 Å². The first-order chi connectivity index (χ1) is 16.5. The van der Waals surface area contributed by atoms with Crippen molar-refractivity contribution in [3.8, 4) is 0 Å². The lowest BCUT2D eigenvalue weighted by molar-refractivity contribution is -0.143. The Morgan fingerprint density at radius 2 is 1.91 bits per heavy atom. The summed E-state index contributed by atoms with van der Waals surface area (Å²) in [5.74, 6) is -2.55. The van der Waals surface area contributed by atoms with Crippen LogP contribution in [0.1, 0.15) is 11.1 Å². The predicted octanol–water partition coefficient (Wildman–Crippen LogP) is 2.43. The highest BCUT2D eigenvalue weighted by Gasteiger charge is 2.70. The fraction of sp³-hybridized carbons (Fsp3) is 0.320. The van der Waals surface area contributed by atoms with Crippen molar-refractivity contribution in [2.24, 2.45) is 11.8 Å². The molecule has 0 radical (unpaired) electrons. The lowest BCUT2D eigenvalue weighted by atomic mass is 9.76. The number of carbonyl (C=O) groups excluding carboxylic acids is 3. The first-order valence-corrected chi connectivity index (χ1v) is 11.6. The van der Waals surface area contributed by atoms with Gasteiger partial charge in [0.2, 0.25) is 17.7 Å². The summed E-state index contributed by atoms with van der Waals surface area (Å²) in [6.07, 6.45) is 2.41. The zero-order chi connectivity index (χ0) is 23.6. The molecule has 3 aliphatic rings. The molecule has 4 atom stereocenters. The molecule has 34 heavy (non-hydrogen) atoms. The van der Waals surface area contributed by atoms with Crippen LogP contribution in [0.4, 0.5) is 5.69 Å². The number of anilines is 1. The van der Waals surface area contributed by atoms with Gasteiger partial charge in [-0.3, -0.25) is 24.6 Å². The minimum atomic E-state index is -1.36. The first kappa shape index (κ1) is 21.3. The Morgan fingerprint density at radius 3 is 2.74 bits per heavy atom. The number of imide groups is 1. The van der Waals surface area contributed by atoms with Gasteiger partial charge in [-0.25, -0.2) is 0 Å². The number of amides is 3. The molecule has 0 saturated carbocycles. The highest BCUT2D eigenvalue weighted by molar-refractivity contribution is 6.35. The number of benzene rings is 2. The van der Waals surface area contributed by atoms with Gasteiger partial charge in [-0.1, -0.05) is 41.9 Å². The molecule has 6 rings (SSSR count). The number of para-hydroxylation sites is 2. The quantitative estimate of drug-likeness (QED) is 0.489. The van der Waals surface area contributed by atoms with E-state index in [9.17, 15) is 14.4 Å². The highest BCUT2D eigenvalue weighted by atomic mass is 35.5. The molecule has 2 aromatic carbocycles. The maximum atomic E-state index is 13.7. The molecular formula is C25H23ClN4O4. The summed E-state index contributed by atoms with van der Waals surface area (Å²) in [6.45, 7) is 0.389. The lowest BCUT2D eigenvalue weighted by Crippen LogP contribution is -2.53. The van der Waals surface area contributed by atoms with E-state index in [1.807, 2.05) is 30.5 Å². The zero-order valence-corrected chi connectivity index (χ0v) is 19.2. The second-order valence-electron chi connectivity index (χ2n) is 9.06. The van der Waals surface area contributed by atoms with Crippen LogP contribution in [0.25, 0.3) is 10.9 Å². The summed E-state index contributed by atoms with van der Waals surface area (Å²) < 4.78 is 5.13. The maximum Gasteiger partial charge on any atom is 0.250 e. The summed E-state index contributed by atoms with van der Waals surface area (Å²) in [7, 11) is 1.53. The van der Waals surface area contributed by atoms with Crippen LogP contribution < -0.4 is 10.6 Å². The summed E-state index contributed by atoms with van der Waals surface area (Å²) >= 11 is 6.39. The zero-order valence-electron chi connectivity index (χ0n) is 18.4. The molecule has 3 N–H and O–H groups in total. The SMILES string of the molecule is COCCN1C(=O)C2C(Cc3c[nH]c4ccccc34)NC3(C(=O)Nc4c(Cl)cccc43)C2C1=O. The van der Waals surface area contributed by atoms with Gasteiger partial charge < -0.3 is 15.0 Å². The number of aromatic amines is 1. The van der Waals surface area contributed by atoms with Gasteiger partial charge in [0, 0.05) is 35.8 Å². The molecule has 3 amide bonds. The Kier molecular flexibility index (Phi) is 4.81. The molecule has 1 spiro atoms. The molecule has 4 unspecified atom stereocenters. The Labute approximate surface area is 200 Å². The van der Waals surface area contributed by atoms with Gasteiger partial charge in [0.1, 0.15) is 5.54 Å². The Morgan fingerprint density at radius 1 is 1.09 bits per heavy atom. The number of rotatable bonds is 5. The summed E-state index contributed by atoms with van der Waals surface area (Å²) in [5.41, 5.74) is 1.74. The second kappa shape index (κ2) is 7.66. The minimum Gasteiger partial charge on any atom is -0.383 e. The highest BCUT2D eigenvalue weighted by Crippen LogP contribution is 2.54. The number of aromatic nitrogens is 1. The molecule has 174 valence electrons. The number of hydrogen-bond donors (Lipinski definition) is 3. The monoisotopic (exact) mass is 478 g/mol. The van der Waals surface area contributed by atoms with E-state index in [4.69, 9.17) is 16.3 Å². The van der Waals surface area contributed by atoms with E-state index in [0.29, 0.717) is 22.7 Å². The molecule has 3 aliphatic heterocycles. The van der Waals surface area contributed by atoms with Crippen molar-refractivity contribution >= 4 is 45.9 Å². The third-order valence-corrected chi connectivity index (χ3v) is 7.74. The van der Waals surface area contributed by atoms with E-state index in [2.05, 4.69) is 15.6 Å². The Hall–Kier alpha value is -3.20. The minimum absolute atomic E-state index is 0.154. The Balaban J connectivity index is 1.47. The molecule has 0 bridgehead atoms. The van der Waals surface area contributed by atoms with Crippen LogP contribution in [-0.2, 0) is 31.1 Å². The molecule has 8 nitrogen and oxygen atoms in total. The lowest BCUT2D eigenvalue weighted by Gasteiger charge is -2.29. The molecular weight excluding hydrogens is 456 g/mol. The molecule has 0 aliphatic carbocycles. The van der Waals surface area contributed by atoms with Crippen LogP contribution in [-0.4, -0.2) is 53.9 Å². The van der Waals surface area contributed by atoms with Crippen LogP contribution in [0.5, 0.6) is 0 Å². The fourth-order valence-corrected chi connectivity index (χ4v) is 6.19. The van der Waals surface area contributed by atoms with E-state index in [1.165, 1.54) is 12.0 Å². The van der Waals surface area contributed by atoms with Gasteiger partial charge >= 0.3 is 0 Å². The third-order valence-electron chi connectivity index (χ3n) is 7.42. The van der Waals surface area contributed by atoms with Gasteiger partial charge in [0.05, 0.1) is 35.7 Å². The standard InChI is InChI=1S/C25H23ClN4O4/c1-34-10-9-30-22(31)19-18(11-13-12-27-17-8-3-2-5-14(13)17)29-25(20(19)23(30)32)15-6-4-7-16(26)21(15)28-24(25)33/h2-8,12,18-20,27,29H,9-11H2,1H3,(H,28,33). The van der Waals surface area contributed by atoms with Crippen molar-refractivity contribution < 1.29 is 19.1 Å². The predicted molar refractivity (Wildman–Crippen MR) is 126 cm³/mol. The first-order valence-electron chi connectivity index (χ1n) is 11.2. The molecule has 2 saturated heterocycles. The Bertz CT molecular complexity index is 1350. The van der Waals surface area contributed by atoms with Crippen molar-refractivity contribution in [3.63, 3.8) is 0 Å². The van der Waals surface area contributed by atoms with Gasteiger partial charge in [0.15, 0.2) is 0 Å². The van der Waals surface area contributed by atoms with E-state index < -0.39 is 23.4 Å². The second-order valence-corrected chi connectivity index (χ2v) is 9.47. The number of nitrogens with zero attached hydrogens (tertiary/aromatic N) is 1. The van der Waals surface area contributed by atoms with Gasteiger partial charge in [-0.05, 0) is 24.1 Å². The number of hydrogen-bond acceptors (Lipinski definition) is 5. The van der Waals surface area contributed by atoms with Crippen LogP contribution in [0.2, 0.25) is 5.02 Å². The van der Waals surface area contributed by atoms with Crippen molar-refractivity contribution in [3.05, 3.63) is 64.8 Å². The van der Waals surface area contributed by atoms with Crippen LogP contribution >= 0.6 is 11.6 Å². The number of likely N-dealkylation sites (tertiary alicyclic amines) is 1. The number of nitrogens with one attached hydrogen (secondary N) is 3. The fourth-order valence-electron chi connectivity index (χ4n) is 5.97. The van der Waals surface area contributed by atoms with Gasteiger partial charge in [-0.15, -0.1) is 0 Å². The summed E-state index contributed by atoms with van der Waals surface area (Å²) in [4.78, 5) is 45.3. The number of methoxy groups -OCH3 is 1. The number of H-pyrrole nitrogens is 1. The normalized spacial score (nSPS) is 27.6. The van der Waals surface area contributed by atoms with Crippen LogP contribution in [0.3, 0.4) is 0 Å². The maximum absolute atomic E-state index is 13.7. The number of fused-ring (bicyclic) bond motifs is 5. The number of halogens is 1. The molecule has 3 aromatic rings. The van der Waals surface area contributed by atoms with E-state index >= 15 is 0 Å². The van der Waals surface area contributed by atoms with E-state index in [-0.39, 0.29) is 30.9 Å². The summed E-state index contributed by atoms with van der Waals surface area (Å²) in [5, 5.41) is 7.77. The molecule has 2 fully saturated rings.